The van der Waals surface area contributed by atoms with E-state index in [2.05, 4.69) is 17.2 Å². The number of sulfonamides is 1. The highest BCUT2D eigenvalue weighted by Crippen LogP contribution is 2.29. The number of piperidine rings is 1. The summed E-state index contributed by atoms with van der Waals surface area (Å²) in [5.74, 6) is -0.0223. The second-order valence-corrected chi connectivity index (χ2v) is 11.4. The molecule has 0 aliphatic carbocycles. The van der Waals surface area contributed by atoms with Crippen molar-refractivity contribution in [1.82, 2.24) is 14.2 Å². The fourth-order valence-electron chi connectivity index (χ4n) is 4.08. The molecule has 1 saturated heterocycles. The van der Waals surface area contributed by atoms with Gasteiger partial charge in [-0.3, -0.25) is 10.1 Å². The Morgan fingerprint density at radius 1 is 1.24 bits per heavy atom. The third kappa shape index (κ3) is 5.20. The van der Waals surface area contributed by atoms with Crippen molar-refractivity contribution in [1.29, 1.82) is 0 Å². The van der Waals surface area contributed by atoms with Gasteiger partial charge in [0.2, 0.25) is 10.0 Å². The van der Waals surface area contributed by atoms with Crippen LogP contribution >= 0.6 is 11.3 Å². The Bertz CT molecular complexity index is 1130. The fourth-order valence-corrected chi connectivity index (χ4v) is 6.70. The number of nitrogens with one attached hydrogen (secondary N) is 1. The molecule has 0 radical (unpaired) electrons. The molecule has 1 atom stereocenters. The minimum absolute atomic E-state index is 0.192. The number of carbonyl (C=O) groups excluding carboxylic acids is 2. The molecule has 1 aromatic heterocycles. The number of fused-ring (bicyclic) bond motifs is 1. The molecule has 0 saturated carbocycles. The molecule has 2 aromatic rings. The third-order valence-corrected chi connectivity index (χ3v) is 8.73. The normalized spacial score (nSPS) is 19.1. The van der Waals surface area contributed by atoms with E-state index in [0.717, 1.165) is 23.4 Å². The van der Waals surface area contributed by atoms with Gasteiger partial charge in [-0.2, -0.15) is 4.31 Å². The molecular weight excluding hydrogens is 464 g/mol. The molecule has 178 valence electrons. The van der Waals surface area contributed by atoms with Gasteiger partial charge < -0.3 is 9.64 Å². The molecule has 0 spiro atoms. The first kappa shape index (κ1) is 23.7. The van der Waals surface area contributed by atoms with Gasteiger partial charge in [0, 0.05) is 36.5 Å². The molecular formula is C22H28N4O5S2. The smallest absolute Gasteiger partial charge is 0.410 e. The Morgan fingerprint density at radius 2 is 2.00 bits per heavy atom. The van der Waals surface area contributed by atoms with Gasteiger partial charge >= 0.3 is 6.09 Å². The zero-order valence-electron chi connectivity index (χ0n) is 18.7. The Hall–Kier alpha value is -2.50. The summed E-state index contributed by atoms with van der Waals surface area (Å²) in [5.41, 5.74) is 1.22. The number of hydrogen-bond donors (Lipinski definition) is 1. The number of aromatic nitrogens is 1. The van der Waals surface area contributed by atoms with Gasteiger partial charge in [-0.1, -0.05) is 18.3 Å². The van der Waals surface area contributed by atoms with Crippen LogP contribution in [0, 0.1) is 5.92 Å². The second kappa shape index (κ2) is 9.78. The molecule has 2 aliphatic rings. The number of thiazole rings is 1. The standard InChI is InChI=1S/C22H28N4O5S2/c1-3-31-22(28)25-12-10-18-19(14-25)32-21(23-18)24-20(27)16-6-8-17(9-7-16)33(29,30)26-11-4-5-15(2)13-26/h6-9,15H,3-5,10-14H2,1-2H3,(H,23,24,27). The summed E-state index contributed by atoms with van der Waals surface area (Å²) >= 11 is 1.33. The van der Waals surface area contributed by atoms with Gasteiger partial charge in [0.25, 0.3) is 5.91 Å². The Labute approximate surface area is 197 Å². The monoisotopic (exact) mass is 492 g/mol. The molecule has 9 nitrogen and oxygen atoms in total. The van der Waals surface area contributed by atoms with E-state index in [9.17, 15) is 18.0 Å². The van der Waals surface area contributed by atoms with Crippen LogP contribution in [0.2, 0.25) is 0 Å². The first-order chi connectivity index (χ1) is 15.8. The fraction of sp³-hybridized carbons (Fsp3) is 0.500. The Kier molecular flexibility index (Phi) is 7.01. The van der Waals surface area contributed by atoms with Crippen molar-refractivity contribution in [2.45, 2.75) is 44.6 Å². The van der Waals surface area contributed by atoms with Crippen LogP contribution in [0.4, 0.5) is 9.93 Å². The van der Waals surface area contributed by atoms with Crippen LogP contribution in [0.25, 0.3) is 0 Å². The Balaban J connectivity index is 1.41. The highest BCUT2D eigenvalue weighted by Gasteiger charge is 2.29. The van der Waals surface area contributed by atoms with Crippen molar-refractivity contribution in [2.24, 2.45) is 5.92 Å². The first-order valence-electron chi connectivity index (χ1n) is 11.1. The van der Waals surface area contributed by atoms with Gasteiger partial charge in [-0.05, 0) is 49.9 Å². The number of amides is 2. The average Bonchev–Trinajstić information content (AvgIpc) is 3.20. The summed E-state index contributed by atoms with van der Waals surface area (Å²) in [4.78, 5) is 31.9. The highest BCUT2D eigenvalue weighted by atomic mass is 32.2. The van der Waals surface area contributed by atoms with E-state index in [1.54, 1.807) is 11.8 Å². The van der Waals surface area contributed by atoms with E-state index in [1.807, 2.05) is 0 Å². The summed E-state index contributed by atoms with van der Waals surface area (Å²) in [6.45, 7) is 6.12. The summed E-state index contributed by atoms with van der Waals surface area (Å²) in [6.07, 6.45) is 2.14. The maximum Gasteiger partial charge on any atom is 0.410 e. The van der Waals surface area contributed by atoms with Crippen molar-refractivity contribution in [3.8, 4) is 0 Å². The molecule has 3 heterocycles. The molecule has 1 fully saturated rings. The molecule has 1 N–H and O–H groups in total. The number of nitrogens with zero attached hydrogens (tertiary/aromatic N) is 3. The summed E-state index contributed by atoms with van der Waals surface area (Å²) in [7, 11) is -3.57. The molecule has 11 heteroatoms. The van der Waals surface area contributed by atoms with Crippen LogP contribution in [-0.4, -0.2) is 60.8 Å². The minimum Gasteiger partial charge on any atom is -0.450 e. The maximum atomic E-state index is 12.9. The van der Waals surface area contributed by atoms with Gasteiger partial charge in [0.15, 0.2) is 5.13 Å². The number of benzene rings is 1. The van der Waals surface area contributed by atoms with Gasteiger partial charge in [-0.15, -0.1) is 0 Å². The quantitative estimate of drug-likeness (QED) is 0.686. The van der Waals surface area contributed by atoms with E-state index < -0.39 is 10.0 Å². The molecule has 2 amide bonds. The number of carbonyl (C=O) groups is 2. The third-order valence-electron chi connectivity index (χ3n) is 5.85. The lowest BCUT2D eigenvalue weighted by Gasteiger charge is -2.30. The van der Waals surface area contributed by atoms with Crippen LogP contribution in [-0.2, 0) is 27.7 Å². The number of anilines is 1. The lowest BCUT2D eigenvalue weighted by atomic mass is 10.0. The molecule has 2 aliphatic heterocycles. The molecule has 0 bridgehead atoms. The number of rotatable bonds is 5. The molecule has 33 heavy (non-hydrogen) atoms. The average molecular weight is 493 g/mol. The SMILES string of the molecule is CCOC(=O)N1CCc2nc(NC(=O)c3ccc(S(=O)(=O)N4CCCC(C)C4)cc3)sc2C1. The van der Waals surface area contributed by atoms with Crippen LogP contribution in [0.5, 0.6) is 0 Å². The van der Waals surface area contributed by atoms with E-state index in [-0.39, 0.29) is 16.9 Å². The van der Waals surface area contributed by atoms with Gasteiger partial charge in [0.05, 0.1) is 23.7 Å². The first-order valence-corrected chi connectivity index (χ1v) is 13.4. The largest absolute Gasteiger partial charge is 0.450 e. The van der Waals surface area contributed by atoms with Crippen LogP contribution in [0.15, 0.2) is 29.2 Å². The zero-order valence-corrected chi connectivity index (χ0v) is 20.4. The molecule has 1 aromatic carbocycles. The molecule has 1 unspecified atom stereocenters. The van der Waals surface area contributed by atoms with Crippen LogP contribution in [0.1, 0.15) is 47.6 Å². The Morgan fingerprint density at radius 3 is 2.70 bits per heavy atom. The lowest BCUT2D eigenvalue weighted by molar-refractivity contribution is 0.102. The van der Waals surface area contributed by atoms with Crippen molar-refractivity contribution < 1.29 is 22.7 Å². The van der Waals surface area contributed by atoms with E-state index in [0.29, 0.717) is 55.8 Å². The zero-order chi connectivity index (χ0) is 23.6. The van der Waals surface area contributed by atoms with Crippen LogP contribution < -0.4 is 5.32 Å². The number of ether oxygens (including phenoxy) is 1. The molecule has 4 rings (SSSR count). The predicted molar refractivity (Wildman–Crippen MR) is 125 cm³/mol. The second-order valence-electron chi connectivity index (χ2n) is 8.35. The summed E-state index contributed by atoms with van der Waals surface area (Å²) in [6, 6.07) is 6.00. The van der Waals surface area contributed by atoms with Crippen molar-refractivity contribution >= 4 is 38.5 Å². The summed E-state index contributed by atoms with van der Waals surface area (Å²) in [5, 5.41) is 3.24. The lowest BCUT2D eigenvalue weighted by Crippen LogP contribution is -2.39. The minimum atomic E-state index is -3.57. The highest BCUT2D eigenvalue weighted by molar-refractivity contribution is 7.89. The van der Waals surface area contributed by atoms with E-state index in [4.69, 9.17) is 4.74 Å². The summed E-state index contributed by atoms with van der Waals surface area (Å²) < 4.78 is 32.4. The maximum absolute atomic E-state index is 12.9. The number of hydrogen-bond acceptors (Lipinski definition) is 7. The van der Waals surface area contributed by atoms with E-state index in [1.165, 1.54) is 39.9 Å². The van der Waals surface area contributed by atoms with Crippen molar-refractivity contribution in [3.63, 3.8) is 0 Å². The van der Waals surface area contributed by atoms with E-state index >= 15 is 0 Å². The topological polar surface area (TPSA) is 109 Å². The van der Waals surface area contributed by atoms with Gasteiger partial charge in [0.1, 0.15) is 0 Å². The predicted octanol–water partition coefficient (Wildman–Crippen LogP) is 3.33. The van der Waals surface area contributed by atoms with Gasteiger partial charge in [-0.25, -0.2) is 18.2 Å². The van der Waals surface area contributed by atoms with Crippen molar-refractivity contribution in [2.75, 3.05) is 31.6 Å². The van der Waals surface area contributed by atoms with Crippen molar-refractivity contribution in [3.05, 3.63) is 40.4 Å². The van der Waals surface area contributed by atoms with Crippen LogP contribution in [0.3, 0.4) is 0 Å².